The van der Waals surface area contributed by atoms with Gasteiger partial charge in [-0.15, -0.1) is 53.6 Å². The van der Waals surface area contributed by atoms with Gasteiger partial charge >= 0.3 is 0 Å². The molecule has 0 spiro atoms. The molecule has 0 fully saturated rings. The van der Waals surface area contributed by atoms with Crippen molar-refractivity contribution in [2.75, 3.05) is 0 Å². The smallest absolute Gasteiger partial charge is 0.121 e. The molecule has 0 aliphatic carbocycles. The van der Waals surface area contributed by atoms with Crippen LogP contribution in [0.15, 0.2) is 114 Å². The van der Waals surface area contributed by atoms with E-state index in [0.717, 1.165) is 49.3 Å². The van der Waals surface area contributed by atoms with Gasteiger partial charge in [0.05, 0.1) is 13.7 Å². The van der Waals surface area contributed by atoms with Crippen LogP contribution in [0.2, 0.25) is 19.6 Å². The Morgan fingerprint density at radius 1 is 0.765 bits per heavy atom. The first-order valence-electron chi connectivity index (χ1n) is 19.5. The van der Waals surface area contributed by atoms with Crippen LogP contribution in [0, 0.1) is 19.0 Å². The molecule has 0 N–H and O–H groups in total. The molecule has 0 aliphatic heterocycles. The fraction of sp³-hybridized carbons (Fsp3) is 0.217. The van der Waals surface area contributed by atoms with E-state index in [1.165, 1.54) is 11.3 Å². The van der Waals surface area contributed by atoms with Gasteiger partial charge in [-0.1, -0.05) is 125 Å². The zero-order chi connectivity index (χ0) is 39.5. The molecular weight excluding hydrogens is 817 g/mol. The molecule has 0 saturated heterocycles. The fourth-order valence-corrected chi connectivity index (χ4v) is 8.14. The molecule has 5 aromatic carbocycles. The Balaban J connectivity index is 0.000000217. The molecule has 1 radical (unpaired) electrons. The van der Waals surface area contributed by atoms with Gasteiger partial charge in [0.2, 0.25) is 0 Å². The molecule has 3 aromatic heterocycles. The summed E-state index contributed by atoms with van der Waals surface area (Å²) in [7, 11) is -1.50. The maximum absolute atomic E-state index is 8.44. The molecule has 8 aromatic rings. The third-order valence-electron chi connectivity index (χ3n) is 9.24. The van der Waals surface area contributed by atoms with Crippen molar-refractivity contribution in [3.8, 4) is 22.5 Å². The van der Waals surface area contributed by atoms with Gasteiger partial charge in [0, 0.05) is 44.7 Å². The number of pyridine rings is 2. The largest absolute Gasteiger partial charge is 0.501 e. The Labute approximate surface area is 323 Å². The second-order valence-corrected chi connectivity index (χ2v) is 19.3. The topological polar surface area (TPSA) is 38.9 Å². The third-order valence-corrected chi connectivity index (χ3v) is 11.3. The maximum atomic E-state index is 8.44. The van der Waals surface area contributed by atoms with Crippen LogP contribution in [0.1, 0.15) is 63.0 Å². The van der Waals surface area contributed by atoms with Crippen LogP contribution in [-0.4, -0.2) is 18.0 Å². The summed E-state index contributed by atoms with van der Waals surface area (Å²) >= 11 is 0. The summed E-state index contributed by atoms with van der Waals surface area (Å²) in [6.45, 7) is 12.1. The number of hydrogen-bond donors (Lipinski definition) is 0. The van der Waals surface area contributed by atoms with E-state index in [1.807, 2.05) is 94.6 Å². The molecule has 0 amide bonds. The van der Waals surface area contributed by atoms with Gasteiger partial charge in [-0.3, -0.25) is 0 Å². The van der Waals surface area contributed by atoms with Crippen LogP contribution in [0.5, 0.6) is 0 Å². The summed E-state index contributed by atoms with van der Waals surface area (Å²) in [4.78, 5) is 9.13. The molecule has 0 aliphatic rings. The summed E-state index contributed by atoms with van der Waals surface area (Å²) in [6.07, 6.45) is 3.65. The van der Waals surface area contributed by atoms with E-state index in [0.29, 0.717) is 27.8 Å². The fourth-order valence-electron chi connectivity index (χ4n) is 6.56. The van der Waals surface area contributed by atoms with Crippen LogP contribution in [0.25, 0.3) is 66.0 Å². The minimum absolute atomic E-state index is 0. The van der Waals surface area contributed by atoms with Gasteiger partial charge in [0.1, 0.15) is 5.58 Å². The molecule has 0 unspecified atom stereocenters. The number of aryl methyl sites for hydroxylation is 1. The number of nitrogens with zero attached hydrogens (tertiary/aromatic N) is 2. The SMILES string of the molecule is [2H]C(C)(C)c1cc(-c2[c-]cccc2)ncc1[Si](C)(C)C.[2H]C([2H])([2H])c1c[c-]c(-c2cc(C([2H])(C)C)ccn2)c2oc3cc4c(ccc5ccccc54)cc3c12.[Ir]. The summed E-state index contributed by atoms with van der Waals surface area (Å²) < 4.78 is 47.7. The predicted molar refractivity (Wildman–Crippen MR) is 215 cm³/mol. The van der Waals surface area contributed by atoms with E-state index in [1.54, 1.807) is 6.20 Å². The standard InChI is InChI=1S/C29H22NO.C17H22NSi.Ir/c1-17(2)20-12-13-30-26(15-20)23-11-8-18(3)28-25-14-21-10-9-19-6-4-5-7-22(19)24(21)16-27(25)31-29(23)28;1-13(2)15-11-16(14-9-7-6-8-10-14)18-12-17(15)19(3,4)5;/h4-10,12-17H,1-3H3;6-9,11-13H,1-5H3;/q2*-1;/i3D3,17D;13D;. The number of furan rings is 1. The maximum Gasteiger partial charge on any atom is 0.121 e. The van der Waals surface area contributed by atoms with Crippen LogP contribution in [0.4, 0.5) is 0 Å². The minimum Gasteiger partial charge on any atom is -0.501 e. The quantitative estimate of drug-likeness (QED) is 0.0983. The molecule has 5 heteroatoms. The van der Waals surface area contributed by atoms with Gasteiger partial charge in [-0.2, -0.15) is 0 Å². The molecule has 259 valence electrons. The number of hydrogen-bond acceptors (Lipinski definition) is 3. The molecule has 0 atom stereocenters. The Kier molecular flexibility index (Phi) is 8.70. The van der Waals surface area contributed by atoms with E-state index in [4.69, 9.17) is 11.3 Å². The summed E-state index contributed by atoms with van der Waals surface area (Å²) in [5.74, 6) is -1.41. The van der Waals surface area contributed by atoms with Gasteiger partial charge in [0.15, 0.2) is 0 Å². The van der Waals surface area contributed by atoms with Crippen molar-refractivity contribution in [1.29, 1.82) is 0 Å². The van der Waals surface area contributed by atoms with E-state index < -0.39 is 26.7 Å². The number of rotatable bonds is 5. The van der Waals surface area contributed by atoms with E-state index in [-0.39, 0.29) is 25.7 Å². The third kappa shape index (κ3) is 7.21. The Bertz CT molecular complexity index is 2710. The molecule has 8 rings (SSSR count). The van der Waals surface area contributed by atoms with Crippen molar-refractivity contribution in [3.05, 3.63) is 138 Å². The predicted octanol–water partition coefficient (Wildman–Crippen LogP) is 12.4. The first kappa shape index (κ1) is 30.2. The Morgan fingerprint density at radius 2 is 1.55 bits per heavy atom. The van der Waals surface area contributed by atoms with Gasteiger partial charge in [-0.05, 0) is 68.1 Å². The zero-order valence-electron chi connectivity index (χ0n) is 35.0. The van der Waals surface area contributed by atoms with Crippen molar-refractivity contribution in [1.82, 2.24) is 9.97 Å². The zero-order valence-corrected chi connectivity index (χ0v) is 33.4. The van der Waals surface area contributed by atoms with Crippen molar-refractivity contribution in [2.45, 2.75) is 66.0 Å². The molecule has 0 saturated carbocycles. The summed E-state index contributed by atoms with van der Waals surface area (Å²) in [6, 6.07) is 37.8. The Hall–Kier alpha value is -4.41. The number of aromatic nitrogens is 2. The van der Waals surface area contributed by atoms with Crippen LogP contribution >= 0.6 is 0 Å². The van der Waals surface area contributed by atoms with Crippen molar-refractivity contribution < 1.29 is 31.4 Å². The number of benzene rings is 5. The number of fused-ring (bicyclic) bond motifs is 6. The van der Waals surface area contributed by atoms with Gasteiger partial charge in [0.25, 0.3) is 0 Å². The van der Waals surface area contributed by atoms with Gasteiger partial charge < -0.3 is 14.4 Å². The summed E-state index contributed by atoms with van der Waals surface area (Å²) in [5, 5.41) is 6.89. The molecular formula is C46H44IrN2OSi-2. The minimum atomic E-state index is -2.33. The van der Waals surface area contributed by atoms with Gasteiger partial charge in [-0.25, -0.2) is 0 Å². The molecule has 3 heterocycles. The van der Waals surface area contributed by atoms with Crippen molar-refractivity contribution in [2.24, 2.45) is 0 Å². The molecule has 51 heavy (non-hydrogen) atoms. The average molecular weight is 866 g/mol. The van der Waals surface area contributed by atoms with Crippen LogP contribution < -0.4 is 5.19 Å². The van der Waals surface area contributed by atoms with Crippen LogP contribution in [-0.2, 0) is 20.1 Å². The molecule has 0 bridgehead atoms. The van der Waals surface area contributed by atoms with Crippen molar-refractivity contribution in [3.63, 3.8) is 0 Å². The van der Waals surface area contributed by atoms with E-state index in [9.17, 15) is 0 Å². The second-order valence-electron chi connectivity index (χ2n) is 14.3. The average Bonchev–Trinajstić information content (AvgIpc) is 3.51. The summed E-state index contributed by atoms with van der Waals surface area (Å²) in [5.41, 5.74) is 6.24. The monoisotopic (exact) mass is 866 g/mol. The van der Waals surface area contributed by atoms with Crippen molar-refractivity contribution >= 4 is 56.7 Å². The van der Waals surface area contributed by atoms with E-state index in [2.05, 4.69) is 72.1 Å². The Morgan fingerprint density at radius 3 is 2.27 bits per heavy atom. The first-order valence-corrected chi connectivity index (χ1v) is 20.5. The van der Waals surface area contributed by atoms with Crippen LogP contribution in [0.3, 0.4) is 0 Å². The molecule has 3 nitrogen and oxygen atoms in total. The first-order chi connectivity index (χ1) is 25.8. The normalized spacial score (nSPS) is 13.8. The van der Waals surface area contributed by atoms with E-state index >= 15 is 0 Å². The second kappa shape index (κ2) is 14.7.